The Labute approximate surface area is 164 Å². The predicted octanol–water partition coefficient (Wildman–Crippen LogP) is 2.11. The quantitative estimate of drug-likeness (QED) is 0.422. The summed E-state index contributed by atoms with van der Waals surface area (Å²) >= 11 is 0. The van der Waals surface area contributed by atoms with Crippen molar-refractivity contribution in [3.8, 4) is 28.7 Å². The third-order valence-corrected chi connectivity index (χ3v) is 4.02. The predicted molar refractivity (Wildman–Crippen MR) is 100 cm³/mol. The zero-order valence-electron chi connectivity index (χ0n) is 15.8. The lowest BCUT2D eigenvalue weighted by Gasteiger charge is -2.13. The largest absolute Gasteiger partial charge is 0.493 e. The monoisotopic (exact) mass is 403 g/mol. The number of benzene rings is 2. The number of rotatable bonds is 7. The summed E-state index contributed by atoms with van der Waals surface area (Å²) in [5, 5.41) is 15.1. The number of amides is 1. The fourth-order valence-electron chi connectivity index (χ4n) is 2.65. The molecule has 0 aliphatic carbocycles. The number of nitro benzene ring substituents is 1. The third-order valence-electron chi connectivity index (χ3n) is 4.02. The highest BCUT2D eigenvalue weighted by molar-refractivity contribution is 5.96. The molecule has 3 rings (SSSR count). The van der Waals surface area contributed by atoms with Gasteiger partial charge in [0.1, 0.15) is 0 Å². The van der Waals surface area contributed by atoms with Gasteiger partial charge in [-0.2, -0.15) is 5.10 Å². The van der Waals surface area contributed by atoms with E-state index < -0.39 is 10.8 Å². The van der Waals surface area contributed by atoms with Crippen LogP contribution in [0.5, 0.6) is 28.7 Å². The molecule has 0 unspecified atom stereocenters. The number of nitro groups is 1. The molecule has 11 heteroatoms. The van der Waals surface area contributed by atoms with Gasteiger partial charge in [-0.1, -0.05) is 0 Å². The molecule has 1 heterocycles. The van der Waals surface area contributed by atoms with E-state index in [2.05, 4.69) is 10.5 Å². The number of hydrogen-bond donors (Lipinski definition) is 1. The molecule has 0 aromatic heterocycles. The molecule has 0 saturated carbocycles. The zero-order chi connectivity index (χ0) is 21.0. The molecule has 29 heavy (non-hydrogen) atoms. The summed E-state index contributed by atoms with van der Waals surface area (Å²) in [4.78, 5) is 23.1. The summed E-state index contributed by atoms with van der Waals surface area (Å²) in [7, 11) is 4.30. The second kappa shape index (κ2) is 8.33. The highest BCUT2D eigenvalue weighted by Gasteiger charge is 2.22. The molecule has 0 fully saturated rings. The van der Waals surface area contributed by atoms with E-state index in [1.165, 1.54) is 45.6 Å². The van der Waals surface area contributed by atoms with Crippen LogP contribution in [-0.4, -0.2) is 45.2 Å². The van der Waals surface area contributed by atoms with Crippen LogP contribution in [0.25, 0.3) is 0 Å². The summed E-state index contributed by atoms with van der Waals surface area (Å²) in [6.45, 7) is -0.0229. The lowest BCUT2D eigenvalue weighted by molar-refractivity contribution is -0.385. The minimum absolute atomic E-state index is 0.0229. The third kappa shape index (κ3) is 3.98. The van der Waals surface area contributed by atoms with E-state index in [1.807, 2.05) is 0 Å². The molecule has 1 amide bonds. The number of hydrogen-bond acceptors (Lipinski definition) is 9. The van der Waals surface area contributed by atoms with Gasteiger partial charge < -0.3 is 23.7 Å². The Morgan fingerprint density at radius 1 is 1.10 bits per heavy atom. The first-order valence-corrected chi connectivity index (χ1v) is 8.20. The van der Waals surface area contributed by atoms with Crippen LogP contribution >= 0.6 is 0 Å². The van der Waals surface area contributed by atoms with Gasteiger partial charge in [-0.3, -0.25) is 14.9 Å². The first-order valence-electron chi connectivity index (χ1n) is 8.20. The van der Waals surface area contributed by atoms with Crippen molar-refractivity contribution in [1.82, 2.24) is 5.43 Å². The van der Waals surface area contributed by atoms with Crippen molar-refractivity contribution in [2.75, 3.05) is 28.1 Å². The van der Waals surface area contributed by atoms with Crippen LogP contribution in [0.2, 0.25) is 0 Å². The van der Waals surface area contributed by atoms with Crippen molar-refractivity contribution in [3.63, 3.8) is 0 Å². The van der Waals surface area contributed by atoms with Crippen molar-refractivity contribution in [2.45, 2.75) is 0 Å². The van der Waals surface area contributed by atoms with Crippen LogP contribution < -0.4 is 29.1 Å². The molecule has 0 atom stereocenters. The number of ether oxygens (including phenoxy) is 5. The first-order chi connectivity index (χ1) is 14.0. The van der Waals surface area contributed by atoms with Crippen LogP contribution in [0.4, 0.5) is 5.69 Å². The fourth-order valence-corrected chi connectivity index (χ4v) is 2.65. The average Bonchev–Trinajstić information content (AvgIpc) is 3.19. The molecule has 1 aliphatic heterocycles. The number of nitrogens with zero attached hydrogens (tertiary/aromatic N) is 2. The Morgan fingerprint density at radius 2 is 1.72 bits per heavy atom. The molecular formula is C18H17N3O8. The number of carbonyl (C=O) groups excluding carboxylic acids is 1. The van der Waals surface area contributed by atoms with E-state index in [9.17, 15) is 14.9 Å². The van der Waals surface area contributed by atoms with Gasteiger partial charge >= 0.3 is 0 Å². The number of methoxy groups -OCH3 is 3. The Morgan fingerprint density at radius 3 is 2.28 bits per heavy atom. The van der Waals surface area contributed by atoms with Gasteiger partial charge in [0.05, 0.1) is 44.1 Å². The number of nitrogens with one attached hydrogen (secondary N) is 1. The molecule has 2 aromatic rings. The molecule has 0 bridgehead atoms. The Balaban J connectivity index is 1.83. The average molecular weight is 403 g/mol. The minimum Gasteiger partial charge on any atom is -0.493 e. The molecule has 1 N–H and O–H groups in total. The van der Waals surface area contributed by atoms with Crippen molar-refractivity contribution >= 4 is 17.8 Å². The molecule has 0 spiro atoms. The summed E-state index contributed by atoms with van der Waals surface area (Å²) in [6.07, 6.45) is 1.15. The first kappa shape index (κ1) is 19.7. The summed E-state index contributed by atoms with van der Waals surface area (Å²) in [5.74, 6) is 0.984. The lowest BCUT2D eigenvalue weighted by atomic mass is 10.1. The summed E-state index contributed by atoms with van der Waals surface area (Å²) in [5.41, 5.74) is 2.40. The molecule has 11 nitrogen and oxygen atoms in total. The second-order valence-corrected chi connectivity index (χ2v) is 5.63. The number of hydrazone groups is 1. The highest BCUT2D eigenvalue weighted by Crippen LogP contribution is 2.38. The molecule has 0 saturated heterocycles. The lowest BCUT2D eigenvalue weighted by Crippen LogP contribution is -2.18. The Hall–Kier alpha value is -4.02. The maximum atomic E-state index is 12.4. The van der Waals surface area contributed by atoms with Gasteiger partial charge in [0.15, 0.2) is 23.0 Å². The van der Waals surface area contributed by atoms with Crippen LogP contribution in [-0.2, 0) is 0 Å². The maximum Gasteiger partial charge on any atom is 0.282 e. The van der Waals surface area contributed by atoms with Crippen LogP contribution in [0.15, 0.2) is 29.4 Å². The fraction of sp³-hybridized carbons (Fsp3) is 0.222. The van der Waals surface area contributed by atoms with Gasteiger partial charge in [-0.05, 0) is 18.2 Å². The van der Waals surface area contributed by atoms with E-state index in [0.717, 1.165) is 6.21 Å². The molecule has 1 aliphatic rings. The van der Waals surface area contributed by atoms with Gasteiger partial charge in [0.2, 0.25) is 12.5 Å². The maximum absolute atomic E-state index is 12.4. The van der Waals surface area contributed by atoms with Gasteiger partial charge in [0.25, 0.3) is 11.6 Å². The SMILES string of the molecule is COc1cc(C(=O)NN=Cc2cc3c(cc2[N+](=O)[O-])OCO3)cc(OC)c1OC. The minimum atomic E-state index is -0.580. The molecule has 0 radical (unpaired) electrons. The van der Waals surface area contributed by atoms with Gasteiger partial charge in [-0.25, -0.2) is 5.43 Å². The molecule has 152 valence electrons. The standard InChI is InChI=1S/C18H17N3O8/c1-25-15-4-10(5-16(26-2)17(15)27-3)18(22)20-19-8-11-6-13-14(29-9-28-13)7-12(11)21(23)24/h4-8H,9H2,1-3H3,(H,20,22). The number of carbonyl (C=O) groups is 1. The molecular weight excluding hydrogens is 386 g/mol. The molecule has 2 aromatic carbocycles. The second-order valence-electron chi connectivity index (χ2n) is 5.63. The Bertz CT molecular complexity index is 964. The van der Waals surface area contributed by atoms with Crippen LogP contribution in [0.3, 0.4) is 0 Å². The number of fused-ring (bicyclic) bond motifs is 1. The van der Waals surface area contributed by atoms with Crippen molar-refractivity contribution < 1.29 is 33.4 Å². The van der Waals surface area contributed by atoms with Gasteiger partial charge in [-0.15, -0.1) is 0 Å². The van der Waals surface area contributed by atoms with E-state index in [1.54, 1.807) is 0 Å². The Kier molecular flexibility index (Phi) is 5.67. The van der Waals surface area contributed by atoms with E-state index in [-0.39, 0.29) is 29.4 Å². The highest BCUT2D eigenvalue weighted by atomic mass is 16.7. The zero-order valence-corrected chi connectivity index (χ0v) is 15.8. The van der Waals surface area contributed by atoms with Crippen molar-refractivity contribution in [3.05, 3.63) is 45.5 Å². The van der Waals surface area contributed by atoms with Gasteiger partial charge in [0, 0.05) is 5.56 Å². The van der Waals surface area contributed by atoms with E-state index >= 15 is 0 Å². The van der Waals surface area contributed by atoms with Crippen molar-refractivity contribution in [1.29, 1.82) is 0 Å². The normalized spacial score (nSPS) is 12.0. The van der Waals surface area contributed by atoms with E-state index in [0.29, 0.717) is 23.0 Å². The van der Waals surface area contributed by atoms with Crippen LogP contribution in [0, 0.1) is 10.1 Å². The summed E-state index contributed by atoms with van der Waals surface area (Å²) < 4.78 is 26.0. The smallest absolute Gasteiger partial charge is 0.282 e. The van der Waals surface area contributed by atoms with E-state index in [4.69, 9.17) is 23.7 Å². The summed E-state index contributed by atoms with van der Waals surface area (Å²) in [6, 6.07) is 5.56. The van der Waals surface area contributed by atoms with Crippen molar-refractivity contribution in [2.24, 2.45) is 5.10 Å². The van der Waals surface area contributed by atoms with Crippen LogP contribution in [0.1, 0.15) is 15.9 Å². The topological polar surface area (TPSA) is 131 Å².